The van der Waals surface area contributed by atoms with Gasteiger partial charge in [0.1, 0.15) is 11.9 Å². The van der Waals surface area contributed by atoms with Crippen molar-refractivity contribution in [3.8, 4) is 0 Å². The highest BCUT2D eigenvalue weighted by molar-refractivity contribution is 5.19. The molecule has 0 unspecified atom stereocenters. The Morgan fingerprint density at radius 3 is 2.24 bits per heavy atom. The molecular weight excluding hydrogens is 216 g/mol. The molecule has 0 radical (unpaired) electrons. The first-order valence-electron chi connectivity index (χ1n) is 5.64. The second-order valence-electron chi connectivity index (χ2n) is 4.17. The van der Waals surface area contributed by atoms with Crippen molar-refractivity contribution in [3.05, 3.63) is 60.1 Å². The van der Waals surface area contributed by atoms with Crippen LogP contribution in [0.5, 0.6) is 0 Å². The van der Waals surface area contributed by atoms with Gasteiger partial charge in [0.2, 0.25) is 0 Å². The van der Waals surface area contributed by atoms with Crippen molar-refractivity contribution < 1.29 is 14.6 Å². The highest BCUT2D eigenvalue weighted by atomic mass is 16.4. The lowest BCUT2D eigenvalue weighted by Crippen LogP contribution is -2.17. The molecule has 0 amide bonds. The fourth-order valence-electron chi connectivity index (χ4n) is 1.85. The van der Waals surface area contributed by atoms with Crippen LogP contribution in [0.15, 0.2) is 53.1 Å². The van der Waals surface area contributed by atoms with E-state index in [2.05, 4.69) is 0 Å². The lowest BCUT2D eigenvalue weighted by molar-refractivity contribution is 0.00877. The molecule has 0 bridgehead atoms. The van der Waals surface area contributed by atoms with Gasteiger partial charge in [-0.2, -0.15) is 0 Å². The minimum atomic E-state index is -0.805. The Morgan fingerprint density at radius 1 is 0.941 bits per heavy atom. The van der Waals surface area contributed by atoms with Crippen molar-refractivity contribution in [2.24, 2.45) is 5.92 Å². The smallest absolute Gasteiger partial charge is 0.132 e. The maximum absolute atomic E-state index is 10.2. The van der Waals surface area contributed by atoms with Gasteiger partial charge in [-0.1, -0.05) is 37.3 Å². The maximum atomic E-state index is 10.2. The number of hydrogen-bond acceptors (Lipinski definition) is 3. The topological polar surface area (TPSA) is 53.6 Å². The molecule has 2 N–H and O–H groups in total. The van der Waals surface area contributed by atoms with Crippen LogP contribution < -0.4 is 0 Å². The van der Waals surface area contributed by atoms with Crippen molar-refractivity contribution in [2.45, 2.75) is 19.1 Å². The molecule has 0 spiro atoms. The normalized spacial score (nSPS) is 16.4. The summed E-state index contributed by atoms with van der Waals surface area (Å²) in [5.74, 6) is 0.149. The molecule has 1 aromatic heterocycles. The summed E-state index contributed by atoms with van der Waals surface area (Å²) in [5, 5.41) is 20.2. The molecule has 2 rings (SSSR count). The van der Waals surface area contributed by atoms with E-state index < -0.39 is 12.2 Å². The molecule has 90 valence electrons. The van der Waals surface area contributed by atoms with Crippen LogP contribution in [0.1, 0.15) is 30.5 Å². The second kappa shape index (κ2) is 5.17. The van der Waals surface area contributed by atoms with Gasteiger partial charge in [0.05, 0.1) is 12.4 Å². The van der Waals surface area contributed by atoms with Crippen molar-refractivity contribution in [2.75, 3.05) is 0 Å². The van der Waals surface area contributed by atoms with E-state index in [4.69, 9.17) is 4.42 Å². The zero-order valence-electron chi connectivity index (χ0n) is 9.65. The van der Waals surface area contributed by atoms with E-state index in [0.717, 1.165) is 5.56 Å². The summed E-state index contributed by atoms with van der Waals surface area (Å²) >= 11 is 0. The summed E-state index contributed by atoms with van der Waals surface area (Å²) in [7, 11) is 0. The Kier molecular flexibility index (Phi) is 3.61. The van der Waals surface area contributed by atoms with Gasteiger partial charge in [0.25, 0.3) is 0 Å². The molecule has 0 saturated heterocycles. The second-order valence-corrected chi connectivity index (χ2v) is 4.17. The number of aliphatic hydroxyl groups is 2. The summed E-state index contributed by atoms with van der Waals surface area (Å²) in [6.45, 7) is 1.80. The van der Waals surface area contributed by atoms with Crippen LogP contribution in [0.3, 0.4) is 0 Å². The number of benzene rings is 1. The largest absolute Gasteiger partial charge is 0.467 e. The van der Waals surface area contributed by atoms with Crippen molar-refractivity contribution >= 4 is 0 Å². The molecule has 2 aromatic rings. The van der Waals surface area contributed by atoms with Gasteiger partial charge >= 0.3 is 0 Å². The molecule has 0 aliphatic heterocycles. The van der Waals surface area contributed by atoms with E-state index in [1.807, 2.05) is 30.3 Å². The number of hydrogen-bond donors (Lipinski definition) is 2. The molecule has 1 aromatic carbocycles. The van der Waals surface area contributed by atoms with Crippen LogP contribution in [-0.2, 0) is 0 Å². The molecule has 1 heterocycles. The molecule has 0 saturated carbocycles. The summed E-state index contributed by atoms with van der Waals surface area (Å²) in [6, 6.07) is 12.7. The maximum Gasteiger partial charge on any atom is 0.132 e. The fraction of sp³-hybridized carbons (Fsp3) is 0.286. The quantitative estimate of drug-likeness (QED) is 0.852. The summed E-state index contributed by atoms with van der Waals surface area (Å²) in [6.07, 6.45) is -0.00307. The Balaban J connectivity index is 2.12. The molecule has 3 heteroatoms. The highest BCUT2D eigenvalue weighted by Gasteiger charge is 2.26. The van der Waals surface area contributed by atoms with Crippen molar-refractivity contribution in [3.63, 3.8) is 0 Å². The van der Waals surface area contributed by atoms with E-state index in [0.29, 0.717) is 5.76 Å². The van der Waals surface area contributed by atoms with Gasteiger partial charge in [-0.15, -0.1) is 0 Å². The van der Waals surface area contributed by atoms with Crippen molar-refractivity contribution in [1.29, 1.82) is 0 Å². The zero-order chi connectivity index (χ0) is 12.3. The van der Waals surface area contributed by atoms with Gasteiger partial charge in [0.15, 0.2) is 0 Å². The van der Waals surface area contributed by atoms with Crippen LogP contribution in [-0.4, -0.2) is 10.2 Å². The van der Waals surface area contributed by atoms with E-state index in [9.17, 15) is 10.2 Å². The number of aliphatic hydroxyl groups excluding tert-OH is 2. The van der Waals surface area contributed by atoms with E-state index in [-0.39, 0.29) is 5.92 Å². The number of rotatable bonds is 4. The summed E-state index contributed by atoms with van der Waals surface area (Å²) in [4.78, 5) is 0. The third-order valence-electron chi connectivity index (χ3n) is 2.97. The Bertz CT molecular complexity index is 436. The third kappa shape index (κ3) is 2.57. The molecule has 3 nitrogen and oxygen atoms in total. The molecule has 0 aliphatic rings. The molecule has 3 atom stereocenters. The van der Waals surface area contributed by atoms with Gasteiger partial charge in [-0.05, 0) is 17.7 Å². The SMILES string of the molecule is C[C@@H]([C@H](O)c1ccccc1)[C@@H](O)c1ccco1. The van der Waals surface area contributed by atoms with E-state index >= 15 is 0 Å². The average molecular weight is 232 g/mol. The van der Waals surface area contributed by atoms with Crippen LogP contribution in [0.25, 0.3) is 0 Å². The lowest BCUT2D eigenvalue weighted by Gasteiger charge is -2.23. The molecule has 0 fully saturated rings. The van der Waals surface area contributed by atoms with Crippen LogP contribution in [0.4, 0.5) is 0 Å². The van der Waals surface area contributed by atoms with Crippen LogP contribution in [0, 0.1) is 5.92 Å². The minimum Gasteiger partial charge on any atom is -0.467 e. The Labute approximate surface area is 100 Å². The van der Waals surface area contributed by atoms with Crippen LogP contribution >= 0.6 is 0 Å². The summed E-state index contributed by atoms with van der Waals surface area (Å²) in [5.41, 5.74) is 0.797. The van der Waals surface area contributed by atoms with Gasteiger partial charge in [-0.3, -0.25) is 0 Å². The third-order valence-corrected chi connectivity index (χ3v) is 2.97. The average Bonchev–Trinajstić information content (AvgIpc) is 2.91. The van der Waals surface area contributed by atoms with Crippen molar-refractivity contribution in [1.82, 2.24) is 0 Å². The summed E-state index contributed by atoms with van der Waals surface area (Å²) < 4.78 is 5.14. The van der Waals surface area contributed by atoms with Crippen LogP contribution in [0.2, 0.25) is 0 Å². The predicted molar refractivity (Wildman–Crippen MR) is 64.2 cm³/mol. The van der Waals surface area contributed by atoms with Gasteiger partial charge < -0.3 is 14.6 Å². The Morgan fingerprint density at radius 2 is 1.65 bits per heavy atom. The van der Waals surface area contributed by atoms with E-state index in [1.54, 1.807) is 19.1 Å². The monoisotopic (exact) mass is 232 g/mol. The van der Waals surface area contributed by atoms with E-state index in [1.165, 1.54) is 6.26 Å². The minimum absolute atomic E-state index is 0.330. The Hall–Kier alpha value is -1.58. The molecular formula is C14H16O3. The zero-order valence-corrected chi connectivity index (χ0v) is 9.65. The molecule has 0 aliphatic carbocycles. The first-order chi connectivity index (χ1) is 8.20. The van der Waals surface area contributed by atoms with Gasteiger partial charge in [0, 0.05) is 5.92 Å². The first-order valence-corrected chi connectivity index (χ1v) is 5.64. The number of furan rings is 1. The van der Waals surface area contributed by atoms with Gasteiger partial charge in [-0.25, -0.2) is 0 Å². The highest BCUT2D eigenvalue weighted by Crippen LogP contribution is 2.32. The lowest BCUT2D eigenvalue weighted by atomic mass is 9.91. The first kappa shape index (κ1) is 11.9. The fourth-order valence-corrected chi connectivity index (χ4v) is 1.85. The standard InChI is InChI=1S/C14H16O3/c1-10(14(16)12-8-5-9-17-12)13(15)11-6-3-2-4-7-11/h2-10,13-16H,1H3/t10-,13-,14+/m0/s1. The molecule has 17 heavy (non-hydrogen) atoms. The predicted octanol–water partition coefficient (Wildman–Crippen LogP) is 2.68.